The average molecular weight is 255 g/mol. The molecule has 0 bridgehead atoms. The van der Waals surface area contributed by atoms with E-state index in [4.69, 9.17) is 9.72 Å². The Bertz CT molecular complexity index is 361. The van der Waals surface area contributed by atoms with Crippen molar-refractivity contribution in [2.45, 2.75) is 32.4 Å². The van der Waals surface area contributed by atoms with Crippen LogP contribution in [0.2, 0.25) is 0 Å². The topological polar surface area (TPSA) is 37.4 Å². The van der Waals surface area contributed by atoms with Crippen LogP contribution in [0, 0.1) is 0 Å². The van der Waals surface area contributed by atoms with Crippen LogP contribution < -0.4 is 10.2 Å². The molecule has 0 amide bonds. The first-order valence-corrected chi connectivity index (χ1v) is 7.01. The Morgan fingerprint density at radius 3 is 3.00 bits per heavy atom. The van der Waals surface area contributed by atoms with Crippen molar-refractivity contribution in [1.29, 1.82) is 0 Å². The fourth-order valence-electron chi connectivity index (χ4n) is 2.08. The molecule has 0 saturated carbocycles. The van der Waals surface area contributed by atoms with Gasteiger partial charge >= 0.3 is 0 Å². The minimum absolute atomic E-state index is 0.494. The summed E-state index contributed by atoms with van der Waals surface area (Å²) in [6, 6.07) is 0.494. The molecule has 2 rings (SSSR count). The summed E-state index contributed by atoms with van der Waals surface area (Å²) < 4.78 is 5.43. The van der Waals surface area contributed by atoms with E-state index in [1.165, 1.54) is 10.6 Å². The van der Waals surface area contributed by atoms with Crippen LogP contribution >= 0.6 is 11.3 Å². The molecule has 1 aliphatic heterocycles. The van der Waals surface area contributed by atoms with Gasteiger partial charge in [0.2, 0.25) is 0 Å². The third-order valence-corrected chi connectivity index (χ3v) is 4.38. The summed E-state index contributed by atoms with van der Waals surface area (Å²) in [7, 11) is 4.11. The van der Waals surface area contributed by atoms with E-state index in [1.54, 1.807) is 11.3 Å². The van der Waals surface area contributed by atoms with E-state index in [2.05, 4.69) is 24.2 Å². The van der Waals surface area contributed by atoms with Crippen LogP contribution in [0.3, 0.4) is 0 Å². The summed E-state index contributed by atoms with van der Waals surface area (Å²) in [5.74, 6) is 0. The number of nitrogens with one attached hydrogen (secondary N) is 1. The van der Waals surface area contributed by atoms with Crippen molar-refractivity contribution in [2.24, 2.45) is 0 Å². The zero-order valence-electron chi connectivity index (χ0n) is 10.8. The lowest BCUT2D eigenvalue weighted by Crippen LogP contribution is -2.31. The predicted molar refractivity (Wildman–Crippen MR) is 71.9 cm³/mol. The van der Waals surface area contributed by atoms with Crippen LogP contribution in [-0.4, -0.2) is 38.3 Å². The van der Waals surface area contributed by atoms with E-state index in [0.29, 0.717) is 6.04 Å². The molecule has 0 aliphatic carbocycles. The van der Waals surface area contributed by atoms with Gasteiger partial charge in [-0.05, 0) is 19.9 Å². The Labute approximate surface area is 107 Å². The van der Waals surface area contributed by atoms with Crippen molar-refractivity contribution in [2.75, 3.05) is 32.2 Å². The van der Waals surface area contributed by atoms with Crippen molar-refractivity contribution in [3.8, 4) is 0 Å². The lowest BCUT2D eigenvalue weighted by atomic mass is 10.2. The van der Waals surface area contributed by atoms with Gasteiger partial charge in [0.05, 0.1) is 18.3 Å². The number of hydrogen-bond donors (Lipinski definition) is 1. The highest BCUT2D eigenvalue weighted by molar-refractivity contribution is 7.15. The molecule has 0 radical (unpaired) electrons. The quantitative estimate of drug-likeness (QED) is 0.868. The standard InChI is InChI=1S/C12H21N3OS/c1-4-10-11(7-13-2)17-12(14-10)15(3)9-5-6-16-8-9/h9,13H,4-8H2,1-3H3. The Hall–Kier alpha value is -0.650. The van der Waals surface area contributed by atoms with Gasteiger partial charge in [0, 0.05) is 25.1 Å². The largest absolute Gasteiger partial charge is 0.379 e. The van der Waals surface area contributed by atoms with Crippen molar-refractivity contribution >= 4 is 16.5 Å². The molecule has 1 atom stereocenters. The second kappa shape index (κ2) is 5.80. The van der Waals surface area contributed by atoms with E-state index < -0.39 is 0 Å². The Morgan fingerprint density at radius 1 is 1.59 bits per heavy atom. The second-order valence-corrected chi connectivity index (χ2v) is 5.44. The van der Waals surface area contributed by atoms with E-state index in [9.17, 15) is 0 Å². The summed E-state index contributed by atoms with van der Waals surface area (Å²) in [5.41, 5.74) is 1.23. The fourth-order valence-corrected chi connectivity index (χ4v) is 3.27. The van der Waals surface area contributed by atoms with E-state index in [0.717, 1.165) is 37.7 Å². The molecule has 1 fully saturated rings. The summed E-state index contributed by atoms with van der Waals surface area (Å²) >= 11 is 1.80. The molecule has 2 heterocycles. The maximum atomic E-state index is 5.43. The molecule has 5 heteroatoms. The van der Waals surface area contributed by atoms with Crippen LogP contribution in [0.5, 0.6) is 0 Å². The monoisotopic (exact) mass is 255 g/mol. The molecule has 1 saturated heterocycles. The molecule has 1 aromatic heterocycles. The number of nitrogens with zero attached hydrogens (tertiary/aromatic N) is 2. The highest BCUT2D eigenvalue weighted by Gasteiger charge is 2.23. The molecule has 1 aliphatic rings. The second-order valence-electron chi connectivity index (χ2n) is 4.38. The first-order valence-electron chi connectivity index (χ1n) is 6.20. The lowest BCUT2D eigenvalue weighted by molar-refractivity contribution is 0.193. The Balaban J connectivity index is 2.14. The SMILES string of the molecule is CCc1nc(N(C)C2CCOC2)sc1CNC. The zero-order chi connectivity index (χ0) is 12.3. The maximum absolute atomic E-state index is 5.43. The molecule has 1 unspecified atom stereocenters. The lowest BCUT2D eigenvalue weighted by Gasteiger charge is -2.21. The van der Waals surface area contributed by atoms with Crippen LogP contribution in [0.25, 0.3) is 0 Å². The van der Waals surface area contributed by atoms with Gasteiger partial charge in [-0.3, -0.25) is 0 Å². The number of rotatable bonds is 5. The molecule has 96 valence electrons. The third-order valence-electron chi connectivity index (χ3n) is 3.19. The van der Waals surface area contributed by atoms with Gasteiger partial charge in [0.15, 0.2) is 5.13 Å². The number of aromatic nitrogens is 1. The molecule has 1 N–H and O–H groups in total. The Kier molecular flexibility index (Phi) is 4.36. The van der Waals surface area contributed by atoms with Gasteiger partial charge in [0.25, 0.3) is 0 Å². The summed E-state index contributed by atoms with van der Waals surface area (Å²) in [4.78, 5) is 8.37. The summed E-state index contributed by atoms with van der Waals surface area (Å²) in [6.07, 6.45) is 2.11. The highest BCUT2D eigenvalue weighted by Crippen LogP contribution is 2.28. The van der Waals surface area contributed by atoms with E-state index in [1.807, 2.05) is 7.05 Å². The van der Waals surface area contributed by atoms with Gasteiger partial charge in [0.1, 0.15) is 0 Å². The summed E-state index contributed by atoms with van der Waals surface area (Å²) in [5, 5.41) is 4.34. The van der Waals surface area contributed by atoms with Gasteiger partial charge in [-0.25, -0.2) is 4.98 Å². The molecule has 4 nitrogen and oxygen atoms in total. The van der Waals surface area contributed by atoms with Crippen LogP contribution in [0.15, 0.2) is 0 Å². The van der Waals surface area contributed by atoms with Crippen LogP contribution in [0.4, 0.5) is 5.13 Å². The predicted octanol–water partition coefficient (Wildman–Crippen LogP) is 1.65. The molecule has 17 heavy (non-hydrogen) atoms. The summed E-state index contributed by atoms with van der Waals surface area (Å²) in [6.45, 7) is 4.79. The van der Waals surface area contributed by atoms with Crippen LogP contribution in [0.1, 0.15) is 23.9 Å². The van der Waals surface area contributed by atoms with Crippen molar-refractivity contribution in [3.63, 3.8) is 0 Å². The van der Waals surface area contributed by atoms with Gasteiger partial charge < -0.3 is 15.0 Å². The number of likely N-dealkylation sites (N-methyl/N-ethyl adjacent to an activating group) is 1. The van der Waals surface area contributed by atoms with E-state index in [-0.39, 0.29) is 0 Å². The van der Waals surface area contributed by atoms with Gasteiger partial charge in [-0.15, -0.1) is 11.3 Å². The van der Waals surface area contributed by atoms with E-state index >= 15 is 0 Å². The zero-order valence-corrected chi connectivity index (χ0v) is 11.6. The average Bonchev–Trinajstić information content (AvgIpc) is 2.97. The normalized spacial score (nSPS) is 19.8. The Morgan fingerprint density at radius 2 is 2.41 bits per heavy atom. The first kappa shape index (κ1) is 12.8. The smallest absolute Gasteiger partial charge is 0.185 e. The van der Waals surface area contributed by atoms with Gasteiger partial charge in [-0.1, -0.05) is 6.92 Å². The van der Waals surface area contributed by atoms with Crippen molar-refractivity contribution < 1.29 is 4.74 Å². The molecule has 0 aromatic carbocycles. The molecular weight excluding hydrogens is 234 g/mol. The maximum Gasteiger partial charge on any atom is 0.185 e. The number of ether oxygens (including phenoxy) is 1. The number of thiazole rings is 1. The number of aryl methyl sites for hydroxylation is 1. The first-order chi connectivity index (χ1) is 8.26. The fraction of sp³-hybridized carbons (Fsp3) is 0.750. The van der Waals surface area contributed by atoms with Crippen molar-refractivity contribution in [3.05, 3.63) is 10.6 Å². The number of anilines is 1. The van der Waals surface area contributed by atoms with Crippen LogP contribution in [-0.2, 0) is 17.7 Å². The molecular formula is C12H21N3OS. The van der Waals surface area contributed by atoms with Gasteiger partial charge in [-0.2, -0.15) is 0 Å². The minimum Gasteiger partial charge on any atom is -0.379 e. The highest BCUT2D eigenvalue weighted by atomic mass is 32.1. The van der Waals surface area contributed by atoms with Crippen molar-refractivity contribution in [1.82, 2.24) is 10.3 Å². The third kappa shape index (κ3) is 2.78. The minimum atomic E-state index is 0.494. The molecule has 1 aromatic rings. The number of hydrogen-bond acceptors (Lipinski definition) is 5. The molecule has 0 spiro atoms.